The highest BCUT2D eigenvalue weighted by molar-refractivity contribution is 5.80. The van der Waals surface area contributed by atoms with Gasteiger partial charge in [-0.05, 0) is 24.7 Å². The largest absolute Gasteiger partial charge is 0.370 e. The molecule has 2 heterocycles. The van der Waals surface area contributed by atoms with Crippen LogP contribution in [0.1, 0.15) is 50.7 Å². The van der Waals surface area contributed by atoms with E-state index in [0.29, 0.717) is 5.41 Å². The molecule has 6 nitrogen and oxygen atoms in total. The van der Waals surface area contributed by atoms with Crippen LogP contribution in [-0.4, -0.2) is 53.9 Å². The fraction of sp³-hybridized carbons (Fsp3) is 0.778. The van der Waals surface area contributed by atoms with Crippen molar-refractivity contribution < 1.29 is 4.74 Å². The molecular weight excluding hydrogens is 302 g/mol. The van der Waals surface area contributed by atoms with Gasteiger partial charge in [-0.3, -0.25) is 9.67 Å². The quantitative estimate of drug-likeness (QED) is 0.679. The molecule has 6 heteroatoms. The Morgan fingerprint density at radius 2 is 2.25 bits per heavy atom. The van der Waals surface area contributed by atoms with Crippen LogP contribution < -0.4 is 5.32 Å². The van der Waals surface area contributed by atoms with Gasteiger partial charge in [-0.25, -0.2) is 0 Å². The molecule has 0 amide bonds. The minimum absolute atomic E-state index is 0.0672. The number of hydrogen-bond acceptors (Lipinski definition) is 3. The Labute approximate surface area is 145 Å². The fourth-order valence-corrected chi connectivity index (χ4v) is 4.03. The summed E-state index contributed by atoms with van der Waals surface area (Å²) in [7, 11) is 3.82. The van der Waals surface area contributed by atoms with Crippen molar-refractivity contribution in [3.8, 4) is 0 Å². The Kier molecular flexibility index (Phi) is 5.43. The zero-order valence-electron chi connectivity index (χ0n) is 15.3. The van der Waals surface area contributed by atoms with Gasteiger partial charge in [0.25, 0.3) is 0 Å². The van der Waals surface area contributed by atoms with Crippen LogP contribution in [0, 0.1) is 5.41 Å². The van der Waals surface area contributed by atoms with Crippen molar-refractivity contribution in [1.82, 2.24) is 20.0 Å². The van der Waals surface area contributed by atoms with Gasteiger partial charge in [0.2, 0.25) is 0 Å². The average molecular weight is 333 g/mol. The van der Waals surface area contributed by atoms with E-state index in [4.69, 9.17) is 4.74 Å². The van der Waals surface area contributed by atoms with Gasteiger partial charge in [0.15, 0.2) is 5.96 Å². The second-order valence-corrected chi connectivity index (χ2v) is 7.21. The first-order valence-corrected chi connectivity index (χ1v) is 9.21. The molecule has 1 aliphatic carbocycles. The first kappa shape index (κ1) is 17.3. The Balaban J connectivity index is 1.60. The number of nitrogens with one attached hydrogen (secondary N) is 1. The van der Waals surface area contributed by atoms with Crippen LogP contribution in [0.15, 0.2) is 17.4 Å². The maximum Gasteiger partial charge on any atom is 0.193 e. The molecule has 1 saturated heterocycles. The molecule has 0 aromatic carbocycles. The summed E-state index contributed by atoms with van der Waals surface area (Å²) in [6.45, 7) is 5.78. The highest BCUT2D eigenvalue weighted by Crippen LogP contribution is 2.40. The van der Waals surface area contributed by atoms with Gasteiger partial charge in [-0.1, -0.05) is 19.8 Å². The van der Waals surface area contributed by atoms with Crippen molar-refractivity contribution in [3.63, 3.8) is 0 Å². The number of aliphatic imine (C=N–C) groups is 1. The Bertz CT molecular complexity index is 562. The molecule has 1 aromatic rings. The second kappa shape index (κ2) is 7.55. The number of aryl methyl sites for hydroxylation is 1. The molecule has 3 rings (SSSR count). The molecule has 1 aliphatic heterocycles. The van der Waals surface area contributed by atoms with E-state index in [2.05, 4.69) is 27.2 Å². The van der Waals surface area contributed by atoms with Gasteiger partial charge in [0.1, 0.15) is 6.10 Å². The molecule has 134 valence electrons. The van der Waals surface area contributed by atoms with Gasteiger partial charge >= 0.3 is 0 Å². The van der Waals surface area contributed by atoms with Gasteiger partial charge in [0, 0.05) is 38.9 Å². The topological polar surface area (TPSA) is 54.7 Å². The first-order chi connectivity index (χ1) is 11.7. The summed E-state index contributed by atoms with van der Waals surface area (Å²) in [5.41, 5.74) is 1.60. The summed E-state index contributed by atoms with van der Waals surface area (Å²) < 4.78 is 7.77. The van der Waals surface area contributed by atoms with Gasteiger partial charge in [-0.2, -0.15) is 5.10 Å². The van der Waals surface area contributed by atoms with Crippen LogP contribution in [-0.2, 0) is 11.8 Å². The Morgan fingerprint density at radius 3 is 2.88 bits per heavy atom. The zero-order chi connectivity index (χ0) is 17.0. The lowest BCUT2D eigenvalue weighted by molar-refractivity contribution is -0.00821. The Morgan fingerprint density at radius 1 is 1.46 bits per heavy atom. The molecular formula is C18H31N5O. The summed E-state index contributed by atoms with van der Waals surface area (Å²) in [6, 6.07) is 0. The molecule has 1 saturated carbocycles. The molecule has 1 N–H and O–H groups in total. The van der Waals surface area contributed by atoms with E-state index >= 15 is 0 Å². The van der Waals surface area contributed by atoms with E-state index in [1.807, 2.05) is 31.2 Å². The fourth-order valence-electron chi connectivity index (χ4n) is 4.03. The van der Waals surface area contributed by atoms with E-state index in [1.54, 1.807) is 0 Å². The van der Waals surface area contributed by atoms with Crippen LogP contribution >= 0.6 is 0 Å². The number of aromatic nitrogens is 2. The monoisotopic (exact) mass is 333 g/mol. The SMILES string of the molecule is CCC1(CNC(=NC)N2CCOC(c3cnn(C)c3)C2)CCCC1. The van der Waals surface area contributed by atoms with Gasteiger partial charge < -0.3 is 15.0 Å². The van der Waals surface area contributed by atoms with Crippen molar-refractivity contribution in [2.24, 2.45) is 17.5 Å². The van der Waals surface area contributed by atoms with Crippen molar-refractivity contribution in [3.05, 3.63) is 18.0 Å². The number of hydrogen-bond donors (Lipinski definition) is 1. The van der Waals surface area contributed by atoms with Crippen LogP contribution in [0.5, 0.6) is 0 Å². The minimum atomic E-state index is 0.0672. The molecule has 24 heavy (non-hydrogen) atoms. The maximum atomic E-state index is 5.94. The summed E-state index contributed by atoms with van der Waals surface area (Å²) in [5, 5.41) is 7.91. The van der Waals surface area contributed by atoms with Crippen molar-refractivity contribution in [2.45, 2.75) is 45.1 Å². The Hall–Kier alpha value is -1.56. The number of ether oxygens (including phenoxy) is 1. The number of nitrogens with zero attached hydrogens (tertiary/aromatic N) is 4. The molecule has 2 fully saturated rings. The maximum absolute atomic E-state index is 5.94. The highest BCUT2D eigenvalue weighted by atomic mass is 16.5. The third-order valence-electron chi connectivity index (χ3n) is 5.71. The van der Waals surface area contributed by atoms with Crippen molar-refractivity contribution in [1.29, 1.82) is 0 Å². The minimum Gasteiger partial charge on any atom is -0.370 e. The normalized spacial score (nSPS) is 24.4. The van der Waals surface area contributed by atoms with E-state index in [0.717, 1.165) is 37.8 Å². The predicted molar refractivity (Wildman–Crippen MR) is 96.0 cm³/mol. The third kappa shape index (κ3) is 3.74. The molecule has 1 aromatic heterocycles. The number of morpholine rings is 1. The lowest BCUT2D eigenvalue weighted by Crippen LogP contribution is -2.50. The number of rotatable bonds is 4. The molecule has 1 unspecified atom stereocenters. The van der Waals surface area contributed by atoms with E-state index in [1.165, 1.54) is 32.1 Å². The van der Waals surface area contributed by atoms with Crippen molar-refractivity contribution >= 4 is 5.96 Å². The summed E-state index contributed by atoms with van der Waals surface area (Å²) in [6.07, 6.45) is 10.7. The smallest absolute Gasteiger partial charge is 0.193 e. The summed E-state index contributed by atoms with van der Waals surface area (Å²) in [5.74, 6) is 1.01. The molecule has 0 bridgehead atoms. The van der Waals surface area contributed by atoms with Crippen LogP contribution in [0.25, 0.3) is 0 Å². The lowest BCUT2D eigenvalue weighted by atomic mass is 9.83. The first-order valence-electron chi connectivity index (χ1n) is 9.21. The molecule has 0 radical (unpaired) electrons. The van der Waals surface area contributed by atoms with Crippen LogP contribution in [0.4, 0.5) is 0 Å². The predicted octanol–water partition coefficient (Wildman–Crippen LogP) is 2.34. The standard InChI is InChI=1S/C18H31N5O/c1-4-18(7-5-6-8-18)14-20-17(19-2)23-9-10-24-16(13-23)15-11-21-22(3)12-15/h11-12,16H,4-10,13-14H2,1-3H3,(H,19,20). The molecule has 1 atom stereocenters. The van der Waals surface area contributed by atoms with E-state index in [9.17, 15) is 0 Å². The summed E-state index contributed by atoms with van der Waals surface area (Å²) in [4.78, 5) is 6.85. The number of guanidine groups is 1. The van der Waals surface area contributed by atoms with Gasteiger partial charge in [-0.15, -0.1) is 0 Å². The zero-order valence-corrected chi connectivity index (χ0v) is 15.3. The van der Waals surface area contributed by atoms with Gasteiger partial charge in [0.05, 0.1) is 19.3 Å². The third-order valence-corrected chi connectivity index (χ3v) is 5.71. The van der Waals surface area contributed by atoms with Crippen LogP contribution in [0.3, 0.4) is 0 Å². The average Bonchev–Trinajstić information content (AvgIpc) is 3.25. The van der Waals surface area contributed by atoms with E-state index < -0.39 is 0 Å². The second-order valence-electron chi connectivity index (χ2n) is 7.21. The lowest BCUT2D eigenvalue weighted by Gasteiger charge is -2.36. The molecule has 2 aliphatic rings. The van der Waals surface area contributed by atoms with Crippen LogP contribution in [0.2, 0.25) is 0 Å². The van der Waals surface area contributed by atoms with E-state index in [-0.39, 0.29) is 6.10 Å². The molecule has 0 spiro atoms. The highest BCUT2D eigenvalue weighted by Gasteiger charge is 2.33. The van der Waals surface area contributed by atoms with Crippen molar-refractivity contribution in [2.75, 3.05) is 33.3 Å². The summed E-state index contributed by atoms with van der Waals surface area (Å²) >= 11 is 0.